The molecule has 0 aliphatic rings. The van der Waals surface area contributed by atoms with Gasteiger partial charge in [0.25, 0.3) is 0 Å². The van der Waals surface area contributed by atoms with Gasteiger partial charge in [-0.3, -0.25) is 4.98 Å². The highest BCUT2D eigenvalue weighted by Gasteiger charge is 2.25. The number of rotatable bonds is 10. The summed E-state index contributed by atoms with van der Waals surface area (Å²) in [5, 5.41) is 11.6. The maximum Gasteiger partial charge on any atom is 0.341 e. The molecule has 2 aromatic carbocycles. The molecule has 1 N–H and O–H groups in total. The van der Waals surface area contributed by atoms with Crippen LogP contribution in [0.4, 0.5) is 0 Å². The summed E-state index contributed by atoms with van der Waals surface area (Å²) < 4.78 is 33.5. The molecule has 8 nitrogen and oxygen atoms in total. The Kier molecular flexibility index (Phi) is 7.31. The lowest BCUT2D eigenvalue weighted by molar-refractivity contribution is -0.139. The van der Waals surface area contributed by atoms with Gasteiger partial charge in [0.15, 0.2) is 6.61 Å². The van der Waals surface area contributed by atoms with Gasteiger partial charge in [0.2, 0.25) is 10.0 Å². The third-order valence-electron chi connectivity index (χ3n) is 4.88. The van der Waals surface area contributed by atoms with Gasteiger partial charge in [0.05, 0.1) is 0 Å². The van der Waals surface area contributed by atoms with Crippen LogP contribution in [0, 0.1) is 0 Å². The predicted molar refractivity (Wildman–Crippen MR) is 128 cm³/mol. The Morgan fingerprint density at radius 2 is 1.79 bits per heavy atom. The van der Waals surface area contributed by atoms with Crippen molar-refractivity contribution in [3.05, 3.63) is 95.8 Å². The van der Waals surface area contributed by atoms with E-state index in [1.807, 2.05) is 29.6 Å². The predicted octanol–water partition coefficient (Wildman–Crippen LogP) is 4.06. The van der Waals surface area contributed by atoms with Gasteiger partial charge in [-0.15, -0.1) is 11.3 Å². The summed E-state index contributed by atoms with van der Waals surface area (Å²) in [6.07, 6.45) is 4.58. The molecule has 0 radical (unpaired) electrons. The SMILES string of the molecule is O=C(O)COc1cccc(CN(Cc2ccc(-c3nccs3)cc2)S(=O)(=O)c2cccnc2)c1. The number of pyridine rings is 1. The molecule has 34 heavy (non-hydrogen) atoms. The van der Waals surface area contributed by atoms with Crippen LogP contribution >= 0.6 is 11.3 Å². The molecule has 0 atom stereocenters. The second-order valence-corrected chi connectivity index (χ2v) is 10.2. The van der Waals surface area contributed by atoms with Crippen LogP contribution in [-0.2, 0) is 27.9 Å². The number of carboxylic acid groups (broad SMARTS) is 1. The highest BCUT2D eigenvalue weighted by Crippen LogP contribution is 2.25. The normalized spacial score (nSPS) is 11.4. The second kappa shape index (κ2) is 10.6. The first-order valence-electron chi connectivity index (χ1n) is 10.2. The average Bonchev–Trinajstić information content (AvgIpc) is 3.39. The number of aliphatic carboxylic acids is 1. The standard InChI is InChI=1S/C24H21N3O5S2/c28-23(29)17-32-21-4-1-3-19(13-21)16-27(34(30,31)22-5-2-10-25-14-22)15-18-6-8-20(9-7-18)24-26-11-12-33-24/h1-14H,15-17H2,(H,28,29). The summed E-state index contributed by atoms with van der Waals surface area (Å²) in [4.78, 5) is 19.2. The molecule has 2 heterocycles. The van der Waals surface area contributed by atoms with Gasteiger partial charge in [-0.1, -0.05) is 36.4 Å². The van der Waals surface area contributed by atoms with E-state index in [-0.39, 0.29) is 18.0 Å². The Morgan fingerprint density at radius 3 is 2.47 bits per heavy atom. The monoisotopic (exact) mass is 495 g/mol. The smallest absolute Gasteiger partial charge is 0.341 e. The highest BCUT2D eigenvalue weighted by atomic mass is 32.2. The molecule has 0 aliphatic heterocycles. The molecular weight excluding hydrogens is 474 g/mol. The third-order valence-corrected chi connectivity index (χ3v) is 7.48. The zero-order chi connectivity index (χ0) is 24.0. The lowest BCUT2D eigenvalue weighted by Gasteiger charge is -2.23. The van der Waals surface area contributed by atoms with Crippen LogP contribution in [0.5, 0.6) is 5.75 Å². The number of ether oxygens (including phenoxy) is 1. The molecule has 0 bridgehead atoms. The number of nitrogens with zero attached hydrogens (tertiary/aromatic N) is 3. The van der Waals surface area contributed by atoms with E-state index in [0.717, 1.165) is 16.1 Å². The minimum Gasteiger partial charge on any atom is -0.482 e. The van der Waals surface area contributed by atoms with Crippen molar-refractivity contribution in [3.63, 3.8) is 0 Å². The van der Waals surface area contributed by atoms with E-state index in [2.05, 4.69) is 9.97 Å². The Hall–Kier alpha value is -3.60. The average molecular weight is 496 g/mol. The summed E-state index contributed by atoms with van der Waals surface area (Å²) in [6.45, 7) is -0.280. The molecule has 0 amide bonds. The van der Waals surface area contributed by atoms with Gasteiger partial charge >= 0.3 is 5.97 Å². The van der Waals surface area contributed by atoms with E-state index in [1.165, 1.54) is 34.1 Å². The number of hydrogen-bond donors (Lipinski definition) is 1. The molecule has 0 saturated carbocycles. The Balaban J connectivity index is 1.61. The summed E-state index contributed by atoms with van der Waals surface area (Å²) in [6, 6.07) is 17.4. The van der Waals surface area contributed by atoms with Gasteiger partial charge in [-0.05, 0) is 35.4 Å². The molecule has 0 saturated heterocycles. The van der Waals surface area contributed by atoms with Gasteiger partial charge in [-0.2, -0.15) is 4.31 Å². The Bertz CT molecular complexity index is 1340. The fourth-order valence-electron chi connectivity index (χ4n) is 3.28. The topological polar surface area (TPSA) is 110 Å². The van der Waals surface area contributed by atoms with Crippen molar-refractivity contribution in [2.75, 3.05) is 6.61 Å². The fraction of sp³-hybridized carbons (Fsp3) is 0.125. The van der Waals surface area contributed by atoms with Gasteiger partial charge in [0, 0.05) is 42.6 Å². The molecule has 2 aromatic heterocycles. The Labute approximate surface area is 201 Å². The molecule has 4 rings (SSSR count). The summed E-state index contributed by atoms with van der Waals surface area (Å²) in [7, 11) is -3.86. The molecule has 0 fully saturated rings. The molecular formula is C24H21N3O5S2. The first kappa shape index (κ1) is 23.6. The minimum absolute atomic E-state index is 0.0652. The second-order valence-electron chi connectivity index (χ2n) is 7.33. The molecule has 4 aromatic rings. The van der Waals surface area contributed by atoms with Crippen LogP contribution in [0.3, 0.4) is 0 Å². The quantitative estimate of drug-likeness (QED) is 0.353. The number of aromatic nitrogens is 2. The number of thiazole rings is 1. The number of hydrogen-bond acceptors (Lipinski definition) is 7. The molecule has 10 heteroatoms. The van der Waals surface area contributed by atoms with Crippen LogP contribution in [0.15, 0.2) is 89.5 Å². The van der Waals surface area contributed by atoms with Crippen LogP contribution in [-0.4, -0.2) is 40.4 Å². The van der Waals surface area contributed by atoms with Crippen LogP contribution in [0.25, 0.3) is 10.6 Å². The Morgan fingerprint density at radius 1 is 1.00 bits per heavy atom. The van der Waals surface area contributed by atoms with Crippen molar-refractivity contribution in [2.24, 2.45) is 0 Å². The number of carbonyl (C=O) groups is 1. The first-order valence-corrected chi connectivity index (χ1v) is 12.6. The van der Waals surface area contributed by atoms with E-state index < -0.39 is 22.6 Å². The highest BCUT2D eigenvalue weighted by molar-refractivity contribution is 7.89. The van der Waals surface area contributed by atoms with Crippen molar-refractivity contribution >= 4 is 27.3 Å². The number of sulfonamides is 1. The van der Waals surface area contributed by atoms with Crippen LogP contribution in [0.2, 0.25) is 0 Å². The maximum atomic E-state index is 13.5. The van der Waals surface area contributed by atoms with Crippen LogP contribution in [0.1, 0.15) is 11.1 Å². The van der Waals surface area contributed by atoms with E-state index in [4.69, 9.17) is 9.84 Å². The van der Waals surface area contributed by atoms with Crippen molar-refractivity contribution in [2.45, 2.75) is 18.0 Å². The van der Waals surface area contributed by atoms with Crippen molar-refractivity contribution < 1.29 is 23.1 Å². The number of benzene rings is 2. The lowest BCUT2D eigenvalue weighted by atomic mass is 10.1. The molecule has 174 valence electrons. The number of carboxylic acids is 1. The first-order chi connectivity index (χ1) is 16.4. The lowest BCUT2D eigenvalue weighted by Crippen LogP contribution is -2.30. The van der Waals surface area contributed by atoms with E-state index >= 15 is 0 Å². The summed E-state index contributed by atoms with van der Waals surface area (Å²) >= 11 is 1.53. The zero-order valence-corrected chi connectivity index (χ0v) is 19.6. The van der Waals surface area contributed by atoms with Crippen LogP contribution < -0.4 is 4.74 Å². The van der Waals surface area contributed by atoms with E-state index in [1.54, 1.807) is 36.5 Å². The summed E-state index contributed by atoms with van der Waals surface area (Å²) in [5.74, 6) is -0.737. The van der Waals surface area contributed by atoms with Gasteiger partial charge < -0.3 is 9.84 Å². The molecule has 0 spiro atoms. The van der Waals surface area contributed by atoms with E-state index in [9.17, 15) is 13.2 Å². The summed E-state index contributed by atoms with van der Waals surface area (Å²) in [5.41, 5.74) is 2.43. The minimum atomic E-state index is -3.86. The zero-order valence-electron chi connectivity index (χ0n) is 17.9. The molecule has 0 unspecified atom stereocenters. The molecule has 0 aliphatic carbocycles. The van der Waals surface area contributed by atoms with Crippen molar-refractivity contribution in [3.8, 4) is 16.3 Å². The van der Waals surface area contributed by atoms with Crippen molar-refractivity contribution in [1.82, 2.24) is 14.3 Å². The van der Waals surface area contributed by atoms with E-state index in [0.29, 0.717) is 11.3 Å². The van der Waals surface area contributed by atoms with Crippen molar-refractivity contribution in [1.29, 1.82) is 0 Å². The van der Waals surface area contributed by atoms with Gasteiger partial charge in [0.1, 0.15) is 15.7 Å². The maximum absolute atomic E-state index is 13.5. The fourth-order valence-corrected chi connectivity index (χ4v) is 5.30. The van der Waals surface area contributed by atoms with Gasteiger partial charge in [-0.25, -0.2) is 18.2 Å². The third kappa shape index (κ3) is 5.84. The largest absolute Gasteiger partial charge is 0.482 e.